The zero-order valence-electron chi connectivity index (χ0n) is 19.5. The molecule has 4 aliphatic rings. The van der Waals surface area contributed by atoms with Gasteiger partial charge in [0.05, 0.1) is 18.6 Å². The molecule has 2 unspecified atom stereocenters. The summed E-state index contributed by atoms with van der Waals surface area (Å²) in [5.74, 6) is 0.634. The summed E-state index contributed by atoms with van der Waals surface area (Å²) in [4.78, 5) is 29.4. The number of aliphatic hydroxyl groups excluding tert-OH is 2. The number of hydrogen-bond acceptors (Lipinski definition) is 13. The number of nitrogens with one attached hydrogen (secondary N) is 1. The minimum atomic E-state index is -4.85. The molecule has 0 radical (unpaired) electrons. The number of halogens is 1. The molecule has 4 aliphatic heterocycles. The number of fused-ring (bicyclic) bond motifs is 3. The summed E-state index contributed by atoms with van der Waals surface area (Å²) >= 11 is 1.75. The van der Waals surface area contributed by atoms with Crippen molar-refractivity contribution in [3.63, 3.8) is 0 Å². The topological polar surface area (TPSA) is 213 Å². The molecule has 3 fully saturated rings. The second-order valence-electron chi connectivity index (χ2n) is 9.25. The minimum absolute atomic E-state index is 0.452. The number of aryl methyl sites for hydroxylation is 1. The van der Waals surface area contributed by atoms with Crippen molar-refractivity contribution >= 4 is 55.1 Å². The maximum Gasteiger partial charge on any atom is 0.472 e. The number of phosphoric ester groups is 2. The summed E-state index contributed by atoms with van der Waals surface area (Å²) in [7, 11) is -9.63. The van der Waals surface area contributed by atoms with Crippen LogP contribution in [0.5, 0.6) is 0 Å². The van der Waals surface area contributed by atoms with E-state index in [2.05, 4.69) is 15.3 Å². The number of aromatic nitrogens is 3. The number of rotatable bonds is 1. The van der Waals surface area contributed by atoms with Gasteiger partial charge in [0.15, 0.2) is 6.23 Å². The first kappa shape index (κ1) is 27.4. The Bertz CT molecular complexity index is 1320. The molecule has 0 aromatic carbocycles. The van der Waals surface area contributed by atoms with Crippen LogP contribution in [0.25, 0.3) is 11.0 Å². The van der Waals surface area contributed by atoms with Gasteiger partial charge >= 0.3 is 15.6 Å². The Hall–Kier alpha value is -0.790. The largest absolute Gasteiger partial charge is 0.472 e. The molecule has 0 spiro atoms. The van der Waals surface area contributed by atoms with Crippen LogP contribution >= 0.6 is 38.2 Å². The second kappa shape index (κ2) is 10.2. The van der Waals surface area contributed by atoms with Gasteiger partial charge in [0.1, 0.15) is 58.5 Å². The van der Waals surface area contributed by atoms with Gasteiger partial charge in [-0.15, -0.1) is 0 Å². The third-order valence-corrected chi connectivity index (χ3v) is 9.75. The molecular weight excluding hydrogens is 665 g/mol. The van der Waals surface area contributed by atoms with Crippen molar-refractivity contribution < 1.29 is 56.7 Å². The highest BCUT2D eigenvalue weighted by Crippen LogP contribution is 2.53. The molecule has 2 aromatic rings. The molecule has 38 heavy (non-hydrogen) atoms. The normalized spacial score (nSPS) is 43.9. The minimum Gasteiger partial charge on any atom is -0.387 e. The van der Waals surface area contributed by atoms with Gasteiger partial charge in [0.2, 0.25) is 0 Å². The Morgan fingerprint density at radius 3 is 2.47 bits per heavy atom. The predicted molar refractivity (Wildman–Crippen MR) is 134 cm³/mol. The summed E-state index contributed by atoms with van der Waals surface area (Å²) < 4.78 is 58.2. The summed E-state index contributed by atoms with van der Waals surface area (Å²) in [6.07, 6.45) is -4.78. The van der Waals surface area contributed by atoms with Gasteiger partial charge in [-0.2, -0.15) is 0 Å². The van der Waals surface area contributed by atoms with E-state index in [1.165, 1.54) is 6.33 Å². The lowest BCUT2D eigenvalue weighted by molar-refractivity contribution is -0.0537. The molecule has 2 aromatic heterocycles. The molecule has 19 heteroatoms. The number of nitrogens with zero attached hydrogens (tertiary/aromatic N) is 3. The first-order valence-corrected chi connectivity index (χ1v) is 16.0. The SMILES string of the molecule is O=P1(O)OC[C@H]2O[C@@H](n3cc4c5c(ncnc53)NCCC4)[C@H](O)[C@@H]2OP(=O)(O)OC[C@H]2O[C@@H](I)[C@H](O1)[C@@H]2O. The number of hydrogen-bond donors (Lipinski definition) is 5. The van der Waals surface area contributed by atoms with E-state index in [0.717, 1.165) is 23.9 Å². The second-order valence-corrected chi connectivity index (χ2v) is 13.3. The Morgan fingerprint density at radius 2 is 1.71 bits per heavy atom. The molecule has 0 aliphatic carbocycles. The summed E-state index contributed by atoms with van der Waals surface area (Å²) in [5, 5.41) is 25.7. The third-order valence-electron chi connectivity index (χ3n) is 6.78. The predicted octanol–water partition coefficient (Wildman–Crippen LogP) is 0.586. The number of phosphoric acid groups is 2. The van der Waals surface area contributed by atoms with Crippen LogP contribution in [-0.4, -0.2) is 95.0 Å². The average molecular weight is 690 g/mol. The average Bonchev–Trinajstić information content (AvgIpc) is 3.39. The van der Waals surface area contributed by atoms with Crippen molar-refractivity contribution in [3.8, 4) is 0 Å². The fraction of sp³-hybridized carbons (Fsp3) is 0.684. The molecule has 10 atom stereocenters. The highest BCUT2D eigenvalue weighted by Gasteiger charge is 2.53. The maximum atomic E-state index is 12.8. The molecule has 2 bridgehead atoms. The van der Waals surface area contributed by atoms with Gasteiger partial charge in [0.25, 0.3) is 0 Å². The smallest absolute Gasteiger partial charge is 0.387 e. The molecule has 16 nitrogen and oxygen atoms in total. The molecule has 0 amide bonds. The Balaban J connectivity index is 1.33. The monoisotopic (exact) mass is 690 g/mol. The molecule has 0 saturated carbocycles. The molecule has 6 rings (SSSR count). The standard InChI is InChI=1S/C19H25IN4O12P2/c20-16-15-12(25)9(33-16)5-31-37(27,28)35-14-10(6-32-38(29,30)36-15)34-19(13(14)26)24-4-8-2-1-3-21-17-11(8)18(24)23-7-22-17/h4,7,9-10,12-16,19,25-26H,1-3,5-6H2,(H,27,28)(H,29,30)(H,21,22,23)/t9-,10-,12-,13-,14-,15-,16-,19-/m1/s1. The number of aliphatic hydroxyl groups is 2. The lowest BCUT2D eigenvalue weighted by Gasteiger charge is -2.24. The van der Waals surface area contributed by atoms with Gasteiger partial charge < -0.3 is 39.4 Å². The quantitative estimate of drug-likeness (QED) is 0.157. The fourth-order valence-corrected chi connectivity index (χ4v) is 8.11. The van der Waals surface area contributed by atoms with E-state index in [0.29, 0.717) is 17.9 Å². The van der Waals surface area contributed by atoms with Gasteiger partial charge in [-0.1, -0.05) is 0 Å². The lowest BCUT2D eigenvalue weighted by atomic mass is 10.1. The van der Waals surface area contributed by atoms with Crippen molar-refractivity contribution in [2.45, 2.75) is 59.8 Å². The van der Waals surface area contributed by atoms with Crippen molar-refractivity contribution in [1.29, 1.82) is 0 Å². The fourth-order valence-electron chi connectivity index (χ4n) is 5.02. The highest BCUT2D eigenvalue weighted by atomic mass is 127. The van der Waals surface area contributed by atoms with Crippen LogP contribution in [0.4, 0.5) is 5.82 Å². The summed E-state index contributed by atoms with van der Waals surface area (Å²) in [5.41, 5.74) is 1.37. The zero-order valence-corrected chi connectivity index (χ0v) is 23.4. The highest BCUT2D eigenvalue weighted by molar-refractivity contribution is 14.1. The van der Waals surface area contributed by atoms with E-state index in [9.17, 15) is 29.1 Å². The van der Waals surface area contributed by atoms with Crippen molar-refractivity contribution in [2.75, 3.05) is 25.1 Å². The van der Waals surface area contributed by atoms with Gasteiger partial charge in [-0.3, -0.25) is 18.1 Å². The van der Waals surface area contributed by atoms with Crippen molar-refractivity contribution in [2.24, 2.45) is 0 Å². The molecular formula is C19H25IN4O12P2. The number of ether oxygens (including phenoxy) is 2. The van der Waals surface area contributed by atoms with Crippen molar-refractivity contribution in [3.05, 3.63) is 18.1 Å². The molecule has 6 heterocycles. The number of anilines is 1. The van der Waals surface area contributed by atoms with E-state index < -0.39 is 75.8 Å². The van der Waals surface area contributed by atoms with Crippen LogP contribution in [0.15, 0.2) is 12.5 Å². The summed E-state index contributed by atoms with van der Waals surface area (Å²) in [6, 6.07) is 0. The molecule has 3 saturated heterocycles. The van der Waals surface area contributed by atoms with Gasteiger partial charge in [-0.25, -0.2) is 19.1 Å². The van der Waals surface area contributed by atoms with E-state index in [1.54, 1.807) is 33.4 Å². The third kappa shape index (κ3) is 5.06. The zero-order chi connectivity index (χ0) is 26.8. The van der Waals surface area contributed by atoms with Crippen LogP contribution in [0.2, 0.25) is 0 Å². The van der Waals surface area contributed by atoms with E-state index in [-0.39, 0.29) is 0 Å². The first-order valence-electron chi connectivity index (χ1n) is 11.7. The van der Waals surface area contributed by atoms with E-state index in [4.69, 9.17) is 27.6 Å². The summed E-state index contributed by atoms with van der Waals surface area (Å²) in [6.45, 7) is -0.532. The van der Waals surface area contributed by atoms with Gasteiger partial charge in [-0.05, 0) is 41.0 Å². The van der Waals surface area contributed by atoms with Crippen LogP contribution in [0.1, 0.15) is 18.2 Å². The molecule has 5 N–H and O–H groups in total. The Morgan fingerprint density at radius 1 is 1.00 bits per heavy atom. The van der Waals surface area contributed by atoms with Crippen LogP contribution in [0, 0.1) is 0 Å². The van der Waals surface area contributed by atoms with Gasteiger partial charge in [0, 0.05) is 12.7 Å². The van der Waals surface area contributed by atoms with Crippen molar-refractivity contribution in [1.82, 2.24) is 14.5 Å². The van der Waals surface area contributed by atoms with Crippen LogP contribution in [0.3, 0.4) is 0 Å². The van der Waals surface area contributed by atoms with Crippen LogP contribution in [-0.2, 0) is 43.1 Å². The maximum absolute atomic E-state index is 12.8. The Labute approximate surface area is 228 Å². The van der Waals surface area contributed by atoms with E-state index >= 15 is 0 Å². The Kier molecular flexibility index (Phi) is 7.38. The van der Waals surface area contributed by atoms with E-state index in [1.807, 2.05) is 0 Å². The number of alkyl halides is 1. The van der Waals surface area contributed by atoms with Crippen LogP contribution < -0.4 is 5.32 Å². The first-order chi connectivity index (χ1) is 18.0. The molecule has 210 valence electrons. The lowest BCUT2D eigenvalue weighted by Crippen LogP contribution is -2.36.